The highest BCUT2D eigenvalue weighted by Crippen LogP contribution is 2.14. The molecule has 0 bridgehead atoms. The Bertz CT molecular complexity index is 542. The summed E-state index contributed by atoms with van der Waals surface area (Å²) in [5.74, 6) is -2.27. The van der Waals surface area contributed by atoms with Crippen LogP contribution in [-0.4, -0.2) is 23.6 Å². The zero-order valence-electron chi connectivity index (χ0n) is 12.3. The number of esters is 1. The minimum Gasteiger partial charge on any atom is -0.458 e. The van der Waals surface area contributed by atoms with Gasteiger partial charge in [-0.3, -0.25) is 0 Å². The van der Waals surface area contributed by atoms with Gasteiger partial charge in [0, 0.05) is 6.07 Å². The SMILES string of the molecule is C[C@@H](NC(=O)Nc1ccc(F)cc1F)C(=O)OC(C)(C)C. The lowest BCUT2D eigenvalue weighted by atomic mass is 10.2. The number of benzene rings is 1. The number of amides is 2. The van der Waals surface area contributed by atoms with Crippen LogP contribution in [0.15, 0.2) is 18.2 Å². The molecule has 1 atom stereocenters. The molecule has 2 N–H and O–H groups in total. The van der Waals surface area contributed by atoms with Crippen LogP contribution in [0, 0.1) is 11.6 Å². The fourth-order valence-electron chi connectivity index (χ4n) is 1.39. The lowest BCUT2D eigenvalue weighted by Crippen LogP contribution is -2.44. The molecule has 7 heteroatoms. The van der Waals surface area contributed by atoms with Gasteiger partial charge in [0.05, 0.1) is 5.69 Å². The van der Waals surface area contributed by atoms with Crippen molar-refractivity contribution in [3.8, 4) is 0 Å². The Morgan fingerprint density at radius 3 is 2.38 bits per heavy atom. The van der Waals surface area contributed by atoms with E-state index in [0.717, 1.165) is 12.1 Å². The molecular weight excluding hydrogens is 282 g/mol. The maximum atomic E-state index is 13.4. The first kappa shape index (κ1) is 16.9. The average Bonchev–Trinajstić information content (AvgIpc) is 2.30. The van der Waals surface area contributed by atoms with Gasteiger partial charge >= 0.3 is 12.0 Å². The standard InChI is InChI=1S/C14H18F2N2O3/c1-8(12(19)21-14(2,3)4)17-13(20)18-11-6-5-9(15)7-10(11)16/h5-8H,1-4H3,(H2,17,18,20)/t8-/m1/s1. The Morgan fingerprint density at radius 2 is 1.86 bits per heavy atom. The van der Waals surface area contributed by atoms with Gasteiger partial charge in [-0.05, 0) is 39.8 Å². The molecule has 0 aliphatic rings. The van der Waals surface area contributed by atoms with Crippen LogP contribution in [0.3, 0.4) is 0 Å². The predicted molar refractivity (Wildman–Crippen MR) is 73.8 cm³/mol. The second kappa shape index (κ2) is 6.51. The first-order chi connectivity index (χ1) is 9.58. The van der Waals surface area contributed by atoms with E-state index in [1.54, 1.807) is 20.8 Å². The largest absolute Gasteiger partial charge is 0.458 e. The molecule has 0 saturated heterocycles. The number of halogens is 2. The minimum atomic E-state index is -0.910. The second-order valence-electron chi connectivity index (χ2n) is 5.48. The molecule has 0 saturated carbocycles. The molecule has 0 spiro atoms. The van der Waals surface area contributed by atoms with Gasteiger partial charge in [-0.15, -0.1) is 0 Å². The summed E-state index contributed by atoms with van der Waals surface area (Å²) in [6, 6.07) is 1.04. The van der Waals surface area contributed by atoms with Gasteiger partial charge in [-0.25, -0.2) is 18.4 Å². The van der Waals surface area contributed by atoms with Crippen LogP contribution in [-0.2, 0) is 9.53 Å². The van der Waals surface area contributed by atoms with Gasteiger partial charge in [-0.2, -0.15) is 0 Å². The predicted octanol–water partition coefficient (Wildman–Crippen LogP) is 2.82. The number of nitrogens with one attached hydrogen (secondary N) is 2. The highest BCUT2D eigenvalue weighted by molar-refractivity contribution is 5.92. The molecule has 0 fully saturated rings. The number of carbonyl (C=O) groups excluding carboxylic acids is 2. The van der Waals surface area contributed by atoms with Crippen molar-refractivity contribution in [2.45, 2.75) is 39.3 Å². The van der Waals surface area contributed by atoms with Gasteiger partial charge in [0.2, 0.25) is 0 Å². The van der Waals surface area contributed by atoms with E-state index in [-0.39, 0.29) is 5.69 Å². The Kier molecular flexibility index (Phi) is 5.23. The topological polar surface area (TPSA) is 67.4 Å². The third-order valence-electron chi connectivity index (χ3n) is 2.29. The average molecular weight is 300 g/mol. The molecule has 0 aliphatic carbocycles. The van der Waals surface area contributed by atoms with E-state index in [1.807, 2.05) is 0 Å². The summed E-state index contributed by atoms with van der Waals surface area (Å²) in [5.41, 5.74) is -0.864. The van der Waals surface area contributed by atoms with Gasteiger partial charge in [-0.1, -0.05) is 0 Å². The molecule has 0 radical (unpaired) electrons. The van der Waals surface area contributed by atoms with Crippen molar-refractivity contribution in [2.75, 3.05) is 5.32 Å². The van der Waals surface area contributed by atoms with Crippen molar-refractivity contribution in [3.63, 3.8) is 0 Å². The van der Waals surface area contributed by atoms with Gasteiger partial charge in [0.1, 0.15) is 23.3 Å². The van der Waals surface area contributed by atoms with Crippen molar-refractivity contribution in [1.82, 2.24) is 5.32 Å². The number of rotatable bonds is 3. The lowest BCUT2D eigenvalue weighted by Gasteiger charge is -2.22. The number of urea groups is 1. The van der Waals surface area contributed by atoms with E-state index in [0.29, 0.717) is 6.07 Å². The Balaban J connectivity index is 2.59. The van der Waals surface area contributed by atoms with Crippen LogP contribution < -0.4 is 10.6 Å². The molecule has 0 aliphatic heterocycles. The van der Waals surface area contributed by atoms with Gasteiger partial charge in [0.15, 0.2) is 0 Å². The van der Waals surface area contributed by atoms with Crippen LogP contribution in [0.1, 0.15) is 27.7 Å². The third-order valence-corrected chi connectivity index (χ3v) is 2.29. The van der Waals surface area contributed by atoms with E-state index in [4.69, 9.17) is 4.74 Å². The summed E-state index contributed by atoms with van der Waals surface area (Å²) in [4.78, 5) is 23.3. The van der Waals surface area contributed by atoms with Crippen molar-refractivity contribution in [2.24, 2.45) is 0 Å². The molecule has 116 valence electrons. The smallest absolute Gasteiger partial charge is 0.328 e. The van der Waals surface area contributed by atoms with Crippen molar-refractivity contribution < 1.29 is 23.1 Å². The Morgan fingerprint density at radius 1 is 1.24 bits per heavy atom. The molecule has 5 nitrogen and oxygen atoms in total. The number of carbonyl (C=O) groups is 2. The first-order valence-electron chi connectivity index (χ1n) is 6.34. The van der Waals surface area contributed by atoms with Gasteiger partial charge in [0.25, 0.3) is 0 Å². The van der Waals surface area contributed by atoms with Crippen LogP contribution in [0.5, 0.6) is 0 Å². The number of ether oxygens (including phenoxy) is 1. The molecule has 0 heterocycles. The van der Waals surface area contributed by atoms with Crippen molar-refractivity contribution in [1.29, 1.82) is 0 Å². The first-order valence-corrected chi connectivity index (χ1v) is 6.34. The highest BCUT2D eigenvalue weighted by Gasteiger charge is 2.23. The molecule has 0 unspecified atom stereocenters. The Labute approximate surface area is 121 Å². The molecule has 21 heavy (non-hydrogen) atoms. The molecule has 1 rings (SSSR count). The van der Waals surface area contributed by atoms with Crippen LogP contribution in [0.2, 0.25) is 0 Å². The van der Waals surface area contributed by atoms with E-state index in [9.17, 15) is 18.4 Å². The van der Waals surface area contributed by atoms with E-state index < -0.39 is 35.3 Å². The monoisotopic (exact) mass is 300 g/mol. The summed E-state index contributed by atoms with van der Waals surface area (Å²) >= 11 is 0. The Hall–Kier alpha value is -2.18. The molecule has 1 aromatic rings. The molecular formula is C14H18F2N2O3. The third kappa shape index (κ3) is 5.76. The van der Waals surface area contributed by atoms with Crippen LogP contribution in [0.25, 0.3) is 0 Å². The zero-order chi connectivity index (χ0) is 16.2. The molecule has 1 aromatic carbocycles. The summed E-state index contributed by atoms with van der Waals surface area (Å²) in [7, 11) is 0. The van der Waals surface area contributed by atoms with E-state index in [2.05, 4.69) is 10.6 Å². The van der Waals surface area contributed by atoms with Crippen LogP contribution in [0.4, 0.5) is 19.3 Å². The quantitative estimate of drug-likeness (QED) is 0.843. The van der Waals surface area contributed by atoms with E-state index >= 15 is 0 Å². The maximum Gasteiger partial charge on any atom is 0.328 e. The lowest BCUT2D eigenvalue weighted by molar-refractivity contribution is -0.156. The fourth-order valence-corrected chi connectivity index (χ4v) is 1.39. The van der Waals surface area contributed by atoms with Crippen LogP contribution >= 0.6 is 0 Å². The molecule has 0 aromatic heterocycles. The van der Waals surface area contributed by atoms with Crippen molar-refractivity contribution >= 4 is 17.7 Å². The van der Waals surface area contributed by atoms with E-state index in [1.165, 1.54) is 6.92 Å². The normalized spacial score (nSPS) is 12.5. The van der Waals surface area contributed by atoms with Gasteiger partial charge < -0.3 is 15.4 Å². The summed E-state index contributed by atoms with van der Waals surface area (Å²) in [6.45, 7) is 6.54. The number of hydrogen-bond acceptors (Lipinski definition) is 3. The summed E-state index contributed by atoms with van der Waals surface area (Å²) in [5, 5.41) is 4.49. The fraction of sp³-hybridized carbons (Fsp3) is 0.429. The van der Waals surface area contributed by atoms with Crippen molar-refractivity contribution in [3.05, 3.63) is 29.8 Å². The summed E-state index contributed by atoms with van der Waals surface area (Å²) in [6.07, 6.45) is 0. The maximum absolute atomic E-state index is 13.4. The number of hydrogen-bond donors (Lipinski definition) is 2. The minimum absolute atomic E-state index is 0.190. The summed E-state index contributed by atoms with van der Waals surface area (Å²) < 4.78 is 31.2. The molecule has 2 amide bonds. The highest BCUT2D eigenvalue weighted by atomic mass is 19.1. The number of anilines is 1. The zero-order valence-corrected chi connectivity index (χ0v) is 12.3. The second-order valence-corrected chi connectivity index (χ2v) is 5.48.